The van der Waals surface area contributed by atoms with E-state index >= 15 is 0 Å². The first-order valence-corrected chi connectivity index (χ1v) is 10.9. The predicted octanol–water partition coefficient (Wildman–Crippen LogP) is 5.20. The Hall–Kier alpha value is -2.31. The molecule has 3 rings (SSSR count). The maximum atomic E-state index is 12.5. The molecule has 29 heavy (non-hydrogen) atoms. The molecule has 0 aliphatic rings. The minimum Gasteiger partial charge on any atom is -0.349 e. The van der Waals surface area contributed by atoms with Crippen LogP contribution in [0.15, 0.2) is 47.6 Å². The lowest BCUT2D eigenvalue weighted by Gasteiger charge is -2.15. The summed E-state index contributed by atoms with van der Waals surface area (Å²) >= 11 is 7.49. The molecule has 0 radical (unpaired) electrons. The number of halogens is 1. The summed E-state index contributed by atoms with van der Waals surface area (Å²) in [6.45, 7) is 8.90. The summed E-state index contributed by atoms with van der Waals surface area (Å²) in [7, 11) is 0. The molecular formula is C22H25ClN4OS. The van der Waals surface area contributed by atoms with Crippen molar-refractivity contribution >= 4 is 29.3 Å². The van der Waals surface area contributed by atoms with Crippen molar-refractivity contribution in [3.8, 4) is 11.4 Å². The highest BCUT2D eigenvalue weighted by atomic mass is 35.5. The lowest BCUT2D eigenvalue weighted by Crippen LogP contribution is -2.28. The van der Waals surface area contributed by atoms with Gasteiger partial charge < -0.3 is 9.88 Å². The molecule has 1 N–H and O–H groups in total. The minimum atomic E-state index is -0.0477. The number of nitrogens with one attached hydrogen (secondary N) is 1. The summed E-state index contributed by atoms with van der Waals surface area (Å²) < 4.78 is 2.00. The molecule has 1 unspecified atom stereocenters. The first kappa shape index (κ1) is 21.4. The Kier molecular flexibility index (Phi) is 6.98. The number of hydrogen-bond donors (Lipinski definition) is 1. The van der Waals surface area contributed by atoms with Crippen LogP contribution in [0.3, 0.4) is 0 Å². The van der Waals surface area contributed by atoms with Crippen LogP contribution >= 0.6 is 23.4 Å². The van der Waals surface area contributed by atoms with Gasteiger partial charge in [-0.25, -0.2) is 0 Å². The van der Waals surface area contributed by atoms with E-state index in [1.54, 1.807) is 0 Å². The van der Waals surface area contributed by atoms with Gasteiger partial charge in [0, 0.05) is 17.1 Å². The molecule has 3 aromatic rings. The van der Waals surface area contributed by atoms with Gasteiger partial charge >= 0.3 is 0 Å². The zero-order chi connectivity index (χ0) is 21.0. The van der Waals surface area contributed by atoms with E-state index < -0.39 is 0 Å². The summed E-state index contributed by atoms with van der Waals surface area (Å²) in [5.41, 5.74) is 4.48. The van der Waals surface area contributed by atoms with Gasteiger partial charge in [-0.1, -0.05) is 53.7 Å². The van der Waals surface area contributed by atoms with E-state index in [-0.39, 0.29) is 17.7 Å². The molecule has 0 fully saturated rings. The van der Waals surface area contributed by atoms with E-state index in [1.165, 1.54) is 22.9 Å². The van der Waals surface area contributed by atoms with E-state index in [0.29, 0.717) is 11.6 Å². The lowest BCUT2D eigenvalue weighted by molar-refractivity contribution is -0.119. The quantitative estimate of drug-likeness (QED) is 0.525. The first-order valence-electron chi connectivity index (χ1n) is 9.57. The largest absolute Gasteiger partial charge is 0.349 e. The molecule has 1 atom stereocenters. The molecule has 0 spiro atoms. The van der Waals surface area contributed by atoms with Crippen LogP contribution in [0.4, 0.5) is 0 Å². The smallest absolute Gasteiger partial charge is 0.230 e. The van der Waals surface area contributed by atoms with Crippen LogP contribution in [0.25, 0.3) is 11.4 Å². The highest BCUT2D eigenvalue weighted by Crippen LogP contribution is 2.26. The van der Waals surface area contributed by atoms with Gasteiger partial charge in [-0.05, 0) is 56.5 Å². The standard InChI is InChI=1S/C22H25ClN4OS/c1-5-27-21(18-7-6-8-19(23)12-18)25-26-22(27)29-13-20(28)24-16(4)17-10-9-14(2)15(3)11-17/h6-12,16H,5,13H2,1-4H3,(H,24,28). The molecule has 1 aromatic heterocycles. The monoisotopic (exact) mass is 428 g/mol. The van der Waals surface area contributed by atoms with Gasteiger partial charge in [-0.2, -0.15) is 0 Å². The lowest BCUT2D eigenvalue weighted by atomic mass is 10.0. The maximum absolute atomic E-state index is 12.5. The molecule has 0 bridgehead atoms. The third kappa shape index (κ3) is 5.19. The maximum Gasteiger partial charge on any atom is 0.230 e. The Balaban J connectivity index is 1.65. The van der Waals surface area contributed by atoms with Crippen molar-refractivity contribution in [2.45, 2.75) is 45.4 Å². The second kappa shape index (κ2) is 9.46. The SMILES string of the molecule is CCn1c(SCC(=O)NC(C)c2ccc(C)c(C)c2)nnc1-c1cccc(Cl)c1. The molecule has 5 nitrogen and oxygen atoms in total. The third-order valence-corrected chi connectivity index (χ3v) is 6.06. The number of nitrogens with zero attached hydrogens (tertiary/aromatic N) is 3. The zero-order valence-electron chi connectivity index (χ0n) is 17.1. The second-order valence-electron chi connectivity index (χ2n) is 6.98. The average Bonchev–Trinajstić information content (AvgIpc) is 3.11. The Morgan fingerprint density at radius 3 is 2.66 bits per heavy atom. The average molecular weight is 429 g/mol. The van der Waals surface area contributed by atoms with Crippen molar-refractivity contribution in [2.24, 2.45) is 0 Å². The highest BCUT2D eigenvalue weighted by Gasteiger charge is 2.16. The van der Waals surface area contributed by atoms with Gasteiger partial charge in [0.05, 0.1) is 11.8 Å². The third-order valence-electron chi connectivity index (χ3n) is 4.86. The molecule has 1 amide bonds. The van der Waals surface area contributed by atoms with Gasteiger partial charge in [0.25, 0.3) is 0 Å². The van der Waals surface area contributed by atoms with Crippen LogP contribution in [0.5, 0.6) is 0 Å². The van der Waals surface area contributed by atoms with Crippen LogP contribution in [0.1, 0.15) is 36.6 Å². The molecule has 1 heterocycles. The first-order chi connectivity index (χ1) is 13.9. The molecule has 152 valence electrons. The number of carbonyl (C=O) groups is 1. The van der Waals surface area contributed by atoms with Gasteiger partial charge in [-0.15, -0.1) is 10.2 Å². The number of aromatic nitrogens is 3. The van der Waals surface area contributed by atoms with Crippen molar-refractivity contribution in [1.82, 2.24) is 20.1 Å². The highest BCUT2D eigenvalue weighted by molar-refractivity contribution is 7.99. The number of thioether (sulfide) groups is 1. The van der Waals surface area contributed by atoms with Gasteiger partial charge in [0.15, 0.2) is 11.0 Å². The number of aryl methyl sites for hydroxylation is 2. The summed E-state index contributed by atoms with van der Waals surface area (Å²) in [5, 5.41) is 13.0. The molecule has 2 aromatic carbocycles. The van der Waals surface area contributed by atoms with E-state index in [0.717, 1.165) is 22.1 Å². The number of amides is 1. The van der Waals surface area contributed by atoms with E-state index in [1.807, 2.05) is 42.7 Å². The van der Waals surface area contributed by atoms with Crippen LogP contribution in [0, 0.1) is 13.8 Å². The van der Waals surface area contributed by atoms with Gasteiger partial charge in [-0.3, -0.25) is 4.79 Å². The topological polar surface area (TPSA) is 59.8 Å². The number of hydrogen-bond acceptors (Lipinski definition) is 4. The molecular weight excluding hydrogens is 404 g/mol. The van der Waals surface area contributed by atoms with Crippen LogP contribution in [-0.2, 0) is 11.3 Å². The summed E-state index contributed by atoms with van der Waals surface area (Å²) in [5.74, 6) is 1.00. The molecule has 0 aliphatic heterocycles. The Bertz CT molecular complexity index is 1020. The molecule has 0 saturated heterocycles. The van der Waals surface area contributed by atoms with Crippen molar-refractivity contribution in [3.05, 3.63) is 64.2 Å². The van der Waals surface area contributed by atoms with Gasteiger partial charge in [0.2, 0.25) is 5.91 Å². The van der Waals surface area contributed by atoms with E-state index in [9.17, 15) is 4.79 Å². The fraction of sp³-hybridized carbons (Fsp3) is 0.318. The normalized spacial score (nSPS) is 12.0. The molecule has 7 heteroatoms. The van der Waals surface area contributed by atoms with Gasteiger partial charge in [0.1, 0.15) is 0 Å². The second-order valence-corrected chi connectivity index (χ2v) is 8.36. The van der Waals surface area contributed by atoms with Crippen LogP contribution in [0.2, 0.25) is 5.02 Å². The number of benzene rings is 2. The number of rotatable bonds is 7. The zero-order valence-corrected chi connectivity index (χ0v) is 18.6. The van der Waals surface area contributed by atoms with Crippen molar-refractivity contribution in [1.29, 1.82) is 0 Å². The Labute approximate surface area is 180 Å². The summed E-state index contributed by atoms with van der Waals surface area (Å²) in [4.78, 5) is 12.5. The summed E-state index contributed by atoms with van der Waals surface area (Å²) in [6.07, 6.45) is 0. The Morgan fingerprint density at radius 1 is 1.17 bits per heavy atom. The van der Waals surface area contributed by atoms with Crippen molar-refractivity contribution in [3.63, 3.8) is 0 Å². The fourth-order valence-corrected chi connectivity index (χ4v) is 4.06. The molecule has 0 saturated carbocycles. The van der Waals surface area contributed by atoms with E-state index in [4.69, 9.17) is 11.6 Å². The van der Waals surface area contributed by atoms with Crippen molar-refractivity contribution in [2.75, 3.05) is 5.75 Å². The number of carbonyl (C=O) groups excluding carboxylic acids is 1. The van der Waals surface area contributed by atoms with Crippen molar-refractivity contribution < 1.29 is 4.79 Å². The van der Waals surface area contributed by atoms with Crippen LogP contribution in [-0.4, -0.2) is 26.4 Å². The fourth-order valence-electron chi connectivity index (χ4n) is 3.05. The summed E-state index contributed by atoms with van der Waals surface area (Å²) in [6, 6.07) is 13.8. The van der Waals surface area contributed by atoms with E-state index in [2.05, 4.69) is 47.6 Å². The molecule has 0 aliphatic carbocycles. The minimum absolute atomic E-state index is 0.0318. The predicted molar refractivity (Wildman–Crippen MR) is 119 cm³/mol. The van der Waals surface area contributed by atoms with Crippen LogP contribution < -0.4 is 5.32 Å². The Morgan fingerprint density at radius 2 is 1.97 bits per heavy atom.